The Morgan fingerprint density at radius 1 is 1.38 bits per heavy atom. The van der Waals surface area contributed by atoms with Gasteiger partial charge in [-0.1, -0.05) is 6.92 Å². The molecule has 0 spiro atoms. The molecule has 0 fully saturated rings. The monoisotopic (exact) mass is 136 g/mol. The van der Waals surface area contributed by atoms with Gasteiger partial charge in [-0.15, -0.1) is 0 Å². The van der Waals surface area contributed by atoms with Gasteiger partial charge < -0.3 is 0 Å². The Morgan fingerprint density at radius 3 is 2.38 bits per heavy atom. The number of hydrogen-bond acceptors (Lipinski definition) is 0. The predicted molar refractivity (Wildman–Crippen MR) is 30.0 cm³/mol. The van der Waals surface area contributed by atoms with E-state index in [0.717, 1.165) is 0 Å². The summed E-state index contributed by atoms with van der Waals surface area (Å²) >= 11 is 0. The second kappa shape index (κ2) is 4.02. The molecule has 0 amide bonds. The molecule has 1 radical (unpaired) electrons. The van der Waals surface area contributed by atoms with Crippen molar-refractivity contribution in [3.63, 3.8) is 0 Å². The van der Waals surface area contributed by atoms with Crippen molar-refractivity contribution in [1.29, 1.82) is 0 Å². The van der Waals surface area contributed by atoms with Crippen molar-refractivity contribution in [2.75, 3.05) is 0 Å². The summed E-state index contributed by atoms with van der Waals surface area (Å²) in [4.78, 5) is 0. The molecule has 0 saturated carbocycles. The van der Waals surface area contributed by atoms with E-state index in [-0.39, 0.29) is 25.8 Å². The maximum atomic E-state index is 3.03. The van der Waals surface area contributed by atoms with E-state index in [4.69, 9.17) is 0 Å². The Labute approximate surface area is 68.7 Å². The van der Waals surface area contributed by atoms with Gasteiger partial charge in [0.1, 0.15) is 0 Å². The maximum Gasteiger partial charge on any atom is 0 e. The summed E-state index contributed by atoms with van der Waals surface area (Å²) < 4.78 is 0. The fourth-order valence-electron chi connectivity index (χ4n) is 0.483. The first-order valence-electron chi connectivity index (χ1n) is 2.33. The normalized spacial score (nSPS) is 7.62. The number of hydrogen-bond donors (Lipinski definition) is 0. The minimum absolute atomic E-state index is 0. The van der Waals surface area contributed by atoms with Crippen LogP contribution in [0.25, 0.3) is 0 Å². The molecule has 0 N–H and O–H groups in total. The molecular formula is C7H7Sc-. The summed E-state index contributed by atoms with van der Waals surface area (Å²) in [5.74, 6) is 0. The standard InChI is InChI=1S/C7H7.Sc/c1-7-5-3-2-4-6-7;/h2-5H,1H3;/q-1;. The Bertz CT molecular complexity index is 134. The van der Waals surface area contributed by atoms with Crippen LogP contribution in [-0.4, -0.2) is 0 Å². The van der Waals surface area contributed by atoms with Crippen LogP contribution in [0.3, 0.4) is 0 Å². The van der Waals surface area contributed by atoms with Crippen molar-refractivity contribution in [3.8, 4) is 0 Å². The van der Waals surface area contributed by atoms with Gasteiger partial charge in [-0.2, -0.15) is 35.9 Å². The predicted octanol–water partition coefficient (Wildman–Crippen LogP) is 1.79. The molecule has 0 nitrogen and oxygen atoms in total. The minimum Gasteiger partial charge on any atom is -0.181 e. The van der Waals surface area contributed by atoms with Gasteiger partial charge in [0.2, 0.25) is 0 Å². The molecule has 1 heteroatoms. The van der Waals surface area contributed by atoms with Gasteiger partial charge >= 0.3 is 0 Å². The van der Waals surface area contributed by atoms with E-state index in [1.54, 1.807) is 0 Å². The Hall–Kier alpha value is 0.0901. The molecule has 0 heterocycles. The van der Waals surface area contributed by atoms with Crippen molar-refractivity contribution in [2.45, 2.75) is 6.92 Å². The Morgan fingerprint density at radius 2 is 2.12 bits per heavy atom. The van der Waals surface area contributed by atoms with Crippen molar-refractivity contribution in [2.24, 2.45) is 0 Å². The molecular weight excluding hydrogens is 129 g/mol. The van der Waals surface area contributed by atoms with Gasteiger partial charge in [-0.05, 0) is 0 Å². The van der Waals surface area contributed by atoms with Gasteiger partial charge in [0.05, 0.1) is 0 Å². The summed E-state index contributed by atoms with van der Waals surface area (Å²) in [6.45, 7) is 2.03. The third kappa shape index (κ3) is 2.41. The van der Waals surface area contributed by atoms with Crippen LogP contribution in [0.5, 0.6) is 0 Å². The fraction of sp³-hybridized carbons (Fsp3) is 0.143. The second-order valence-corrected chi connectivity index (χ2v) is 1.55. The second-order valence-electron chi connectivity index (χ2n) is 1.55. The smallest absolute Gasteiger partial charge is 0 e. The van der Waals surface area contributed by atoms with E-state index in [1.165, 1.54) is 5.56 Å². The summed E-state index contributed by atoms with van der Waals surface area (Å²) in [7, 11) is 0. The zero-order chi connectivity index (χ0) is 5.11. The topological polar surface area (TPSA) is 0 Å². The molecule has 0 aromatic heterocycles. The largest absolute Gasteiger partial charge is 0.181 e. The average molecular weight is 136 g/mol. The van der Waals surface area contributed by atoms with Crippen molar-refractivity contribution in [3.05, 3.63) is 35.9 Å². The van der Waals surface area contributed by atoms with Crippen LogP contribution >= 0.6 is 0 Å². The first-order chi connectivity index (χ1) is 3.39. The molecule has 8 heavy (non-hydrogen) atoms. The van der Waals surface area contributed by atoms with E-state index >= 15 is 0 Å². The molecule has 1 aromatic carbocycles. The van der Waals surface area contributed by atoms with Crippen LogP contribution in [0.1, 0.15) is 5.56 Å². The van der Waals surface area contributed by atoms with Gasteiger partial charge in [-0.25, -0.2) is 0 Å². The van der Waals surface area contributed by atoms with E-state index in [0.29, 0.717) is 0 Å². The van der Waals surface area contributed by atoms with Crippen LogP contribution in [0, 0.1) is 13.0 Å². The third-order valence-corrected chi connectivity index (χ3v) is 0.865. The van der Waals surface area contributed by atoms with E-state index in [9.17, 15) is 0 Å². The summed E-state index contributed by atoms with van der Waals surface area (Å²) in [6.07, 6.45) is 0. The number of rotatable bonds is 0. The Kier molecular flexibility index (Phi) is 4.06. The molecule has 0 aliphatic carbocycles. The third-order valence-electron chi connectivity index (χ3n) is 0.865. The zero-order valence-corrected chi connectivity index (χ0v) is 6.69. The van der Waals surface area contributed by atoms with Gasteiger partial charge in [-0.3, -0.25) is 0 Å². The molecule has 0 unspecified atom stereocenters. The summed E-state index contributed by atoms with van der Waals surface area (Å²) in [5.41, 5.74) is 1.20. The zero-order valence-electron chi connectivity index (χ0n) is 4.89. The molecule has 0 atom stereocenters. The van der Waals surface area contributed by atoms with Crippen LogP contribution in [0.15, 0.2) is 24.3 Å². The molecule has 1 rings (SSSR count). The quantitative estimate of drug-likeness (QED) is 0.477. The first kappa shape index (κ1) is 8.09. The summed E-state index contributed by atoms with van der Waals surface area (Å²) in [5, 5.41) is 0. The number of aryl methyl sites for hydroxylation is 1. The SMILES string of the molecule is Cc1[c-]cccc1.[Sc]. The average Bonchev–Trinajstić information content (AvgIpc) is 1.69. The van der Waals surface area contributed by atoms with Crippen LogP contribution in [0.4, 0.5) is 0 Å². The minimum atomic E-state index is 0. The fourth-order valence-corrected chi connectivity index (χ4v) is 0.483. The van der Waals surface area contributed by atoms with E-state index in [2.05, 4.69) is 6.07 Å². The van der Waals surface area contributed by atoms with Gasteiger partial charge in [0.15, 0.2) is 0 Å². The molecule has 0 saturated heterocycles. The van der Waals surface area contributed by atoms with Crippen LogP contribution < -0.4 is 0 Å². The molecule has 39 valence electrons. The first-order valence-corrected chi connectivity index (χ1v) is 2.33. The number of benzene rings is 1. The molecule has 0 aliphatic heterocycles. The maximum absolute atomic E-state index is 3.03. The van der Waals surface area contributed by atoms with Crippen molar-refractivity contribution in [1.82, 2.24) is 0 Å². The van der Waals surface area contributed by atoms with Crippen LogP contribution in [0.2, 0.25) is 0 Å². The van der Waals surface area contributed by atoms with Crippen molar-refractivity contribution < 1.29 is 25.8 Å². The van der Waals surface area contributed by atoms with Gasteiger partial charge in [0, 0.05) is 25.8 Å². The van der Waals surface area contributed by atoms with Crippen LogP contribution in [-0.2, 0) is 25.8 Å². The molecule has 1 aromatic rings. The van der Waals surface area contributed by atoms with E-state index < -0.39 is 0 Å². The molecule has 0 aliphatic rings. The van der Waals surface area contributed by atoms with E-state index in [1.807, 2.05) is 31.2 Å². The summed E-state index contributed by atoms with van der Waals surface area (Å²) in [6, 6.07) is 10.9. The van der Waals surface area contributed by atoms with Crippen molar-refractivity contribution >= 4 is 0 Å². The van der Waals surface area contributed by atoms with Gasteiger partial charge in [0.25, 0.3) is 0 Å². The Balaban J connectivity index is 0.000000490. The molecule has 0 bridgehead atoms.